The Morgan fingerprint density at radius 3 is 2.82 bits per heavy atom. The second-order valence-corrected chi connectivity index (χ2v) is 8.77. The van der Waals surface area contributed by atoms with Crippen molar-refractivity contribution in [2.24, 2.45) is 5.41 Å². The Labute approximate surface area is 164 Å². The van der Waals surface area contributed by atoms with Crippen molar-refractivity contribution in [1.82, 2.24) is 24.6 Å². The summed E-state index contributed by atoms with van der Waals surface area (Å²) in [7, 11) is 0. The Morgan fingerprint density at radius 1 is 1.21 bits per heavy atom. The molecule has 28 heavy (non-hydrogen) atoms. The van der Waals surface area contributed by atoms with Crippen molar-refractivity contribution in [3.63, 3.8) is 0 Å². The summed E-state index contributed by atoms with van der Waals surface area (Å²) >= 11 is 0. The van der Waals surface area contributed by atoms with Crippen LogP contribution in [0.5, 0.6) is 0 Å². The fraction of sp³-hybridized carbons (Fsp3) is 0.409. The van der Waals surface area contributed by atoms with Crippen LogP contribution >= 0.6 is 0 Å². The van der Waals surface area contributed by atoms with Crippen molar-refractivity contribution in [2.45, 2.75) is 52.5 Å². The third kappa shape index (κ3) is 3.03. The van der Waals surface area contributed by atoms with Crippen LogP contribution in [0, 0.1) is 12.3 Å². The summed E-state index contributed by atoms with van der Waals surface area (Å²) in [6.45, 7) is 6.77. The van der Waals surface area contributed by atoms with E-state index in [2.05, 4.69) is 48.2 Å². The Kier molecular flexibility index (Phi) is 3.89. The number of aryl methyl sites for hydroxylation is 1. The highest BCUT2D eigenvalue weighted by Gasteiger charge is 2.27. The summed E-state index contributed by atoms with van der Waals surface area (Å²) in [5.74, 6) is 0.720. The van der Waals surface area contributed by atoms with Crippen molar-refractivity contribution in [2.75, 3.05) is 5.32 Å². The molecule has 2 N–H and O–H groups in total. The van der Waals surface area contributed by atoms with Crippen LogP contribution in [0.3, 0.4) is 0 Å². The smallest absolute Gasteiger partial charge is 0.241 e. The molecule has 0 radical (unpaired) electrons. The van der Waals surface area contributed by atoms with Gasteiger partial charge in [0.2, 0.25) is 5.95 Å². The van der Waals surface area contributed by atoms with Gasteiger partial charge in [-0.3, -0.25) is 4.98 Å². The van der Waals surface area contributed by atoms with Gasteiger partial charge < -0.3 is 10.3 Å². The minimum absolute atomic E-state index is 0.459. The Morgan fingerprint density at radius 2 is 2.04 bits per heavy atom. The van der Waals surface area contributed by atoms with Crippen LogP contribution < -0.4 is 5.32 Å². The van der Waals surface area contributed by atoms with Gasteiger partial charge in [0.25, 0.3) is 0 Å². The van der Waals surface area contributed by atoms with Gasteiger partial charge in [-0.25, -0.2) is 9.50 Å². The van der Waals surface area contributed by atoms with Crippen LogP contribution in [-0.4, -0.2) is 30.6 Å². The summed E-state index contributed by atoms with van der Waals surface area (Å²) in [5.41, 5.74) is 5.69. The number of hydrogen-bond acceptors (Lipinski definition) is 4. The van der Waals surface area contributed by atoms with Gasteiger partial charge in [-0.2, -0.15) is 0 Å². The zero-order chi connectivity index (χ0) is 19.3. The van der Waals surface area contributed by atoms with Crippen molar-refractivity contribution in [3.8, 4) is 11.3 Å². The molecule has 0 saturated heterocycles. The second-order valence-electron chi connectivity index (χ2n) is 8.77. The molecule has 0 bridgehead atoms. The molecule has 0 atom stereocenters. The minimum Gasteiger partial charge on any atom is -0.353 e. The minimum atomic E-state index is 0.459. The molecular formula is C22H26N6. The van der Waals surface area contributed by atoms with Crippen LogP contribution in [0.2, 0.25) is 0 Å². The number of fused-ring (bicyclic) bond motifs is 2. The van der Waals surface area contributed by atoms with Gasteiger partial charge in [0.05, 0.1) is 22.9 Å². The zero-order valence-electron chi connectivity index (χ0n) is 16.7. The number of aromatic nitrogens is 5. The maximum atomic E-state index is 4.77. The van der Waals surface area contributed by atoms with Crippen LogP contribution in [0.15, 0.2) is 36.8 Å². The molecule has 4 aromatic rings. The third-order valence-electron chi connectivity index (χ3n) is 6.07. The molecule has 0 unspecified atom stereocenters. The summed E-state index contributed by atoms with van der Waals surface area (Å²) < 4.78 is 1.94. The predicted octanol–water partition coefficient (Wildman–Crippen LogP) is 4.96. The summed E-state index contributed by atoms with van der Waals surface area (Å²) in [6.07, 6.45) is 10.5. The Hall–Kier alpha value is -2.89. The molecule has 0 aliphatic heterocycles. The van der Waals surface area contributed by atoms with Gasteiger partial charge in [0.1, 0.15) is 0 Å². The van der Waals surface area contributed by atoms with E-state index in [1.807, 2.05) is 29.2 Å². The zero-order valence-corrected chi connectivity index (χ0v) is 16.7. The number of H-pyrrole nitrogens is 1. The highest BCUT2D eigenvalue weighted by atomic mass is 15.3. The maximum absolute atomic E-state index is 4.77. The largest absolute Gasteiger partial charge is 0.353 e. The average Bonchev–Trinajstić information content (AvgIpc) is 3.27. The van der Waals surface area contributed by atoms with Crippen molar-refractivity contribution < 1.29 is 0 Å². The lowest BCUT2D eigenvalue weighted by atomic mass is 9.76. The highest BCUT2D eigenvalue weighted by Crippen LogP contribution is 2.36. The summed E-state index contributed by atoms with van der Waals surface area (Å²) in [4.78, 5) is 12.4. The topological polar surface area (TPSA) is 70.9 Å². The molecule has 4 heterocycles. The van der Waals surface area contributed by atoms with Gasteiger partial charge >= 0.3 is 0 Å². The molecule has 1 aliphatic carbocycles. The SMILES string of the molecule is Cc1nc(NC2CCC(C)(C)CC2)nn2ccc(-c3cc4ccncc4[nH]3)c12. The fourth-order valence-corrected chi connectivity index (χ4v) is 4.32. The lowest BCUT2D eigenvalue weighted by molar-refractivity contribution is 0.232. The first-order valence-corrected chi connectivity index (χ1v) is 10.0. The molecule has 5 rings (SSSR count). The Bertz CT molecular complexity index is 1110. The first-order valence-electron chi connectivity index (χ1n) is 10.0. The van der Waals surface area contributed by atoms with Crippen LogP contribution in [0.25, 0.3) is 27.7 Å². The molecule has 4 aromatic heterocycles. The van der Waals surface area contributed by atoms with Crippen molar-refractivity contribution in [1.29, 1.82) is 0 Å². The molecule has 144 valence electrons. The third-order valence-corrected chi connectivity index (χ3v) is 6.07. The molecule has 1 aliphatic rings. The van der Waals surface area contributed by atoms with E-state index < -0.39 is 0 Å². The van der Waals surface area contributed by atoms with E-state index in [-0.39, 0.29) is 0 Å². The average molecular weight is 374 g/mol. The first-order chi connectivity index (χ1) is 13.5. The van der Waals surface area contributed by atoms with Crippen LogP contribution in [0.1, 0.15) is 45.2 Å². The van der Waals surface area contributed by atoms with E-state index in [9.17, 15) is 0 Å². The van der Waals surface area contributed by atoms with Gasteiger partial charge in [0.15, 0.2) is 0 Å². The summed E-state index contributed by atoms with van der Waals surface area (Å²) in [5, 5.41) is 9.45. The molecule has 0 spiro atoms. The number of nitrogens with zero attached hydrogens (tertiary/aromatic N) is 4. The lowest BCUT2D eigenvalue weighted by Crippen LogP contribution is -2.30. The number of pyridine rings is 1. The summed E-state index contributed by atoms with van der Waals surface area (Å²) in [6, 6.07) is 6.73. The van der Waals surface area contributed by atoms with Crippen molar-refractivity contribution in [3.05, 3.63) is 42.5 Å². The lowest BCUT2D eigenvalue weighted by Gasteiger charge is -2.34. The molecular weight excluding hydrogens is 348 g/mol. The second kappa shape index (κ2) is 6.33. The standard InChI is InChI=1S/C22H26N6/c1-14-20-17(18-12-15-6-10-23-13-19(15)26-18)7-11-28(20)27-21(24-14)25-16-4-8-22(2,3)9-5-16/h6-7,10-13,16,26H,4-5,8-9H2,1-3H3,(H,25,27). The number of aromatic amines is 1. The number of rotatable bonds is 3. The molecule has 6 nitrogen and oxygen atoms in total. The quantitative estimate of drug-likeness (QED) is 0.531. The van der Waals surface area contributed by atoms with E-state index >= 15 is 0 Å². The maximum Gasteiger partial charge on any atom is 0.241 e. The molecule has 1 saturated carbocycles. The predicted molar refractivity (Wildman–Crippen MR) is 112 cm³/mol. The van der Waals surface area contributed by atoms with E-state index in [1.165, 1.54) is 25.7 Å². The molecule has 1 fully saturated rings. The number of nitrogens with one attached hydrogen (secondary N) is 2. The molecule has 0 amide bonds. The number of anilines is 1. The van der Waals surface area contributed by atoms with E-state index in [0.717, 1.165) is 39.3 Å². The van der Waals surface area contributed by atoms with Crippen LogP contribution in [-0.2, 0) is 0 Å². The van der Waals surface area contributed by atoms with Gasteiger partial charge in [-0.1, -0.05) is 13.8 Å². The van der Waals surface area contributed by atoms with Crippen LogP contribution in [0.4, 0.5) is 5.95 Å². The van der Waals surface area contributed by atoms with E-state index in [1.54, 1.807) is 0 Å². The van der Waals surface area contributed by atoms with E-state index in [0.29, 0.717) is 11.5 Å². The molecule has 0 aromatic carbocycles. The van der Waals surface area contributed by atoms with Crippen molar-refractivity contribution >= 4 is 22.4 Å². The van der Waals surface area contributed by atoms with Gasteiger partial charge in [-0.15, -0.1) is 5.10 Å². The monoisotopic (exact) mass is 374 g/mol. The normalized spacial score (nSPS) is 17.4. The first kappa shape index (κ1) is 17.2. The van der Waals surface area contributed by atoms with Gasteiger partial charge in [0, 0.05) is 35.1 Å². The van der Waals surface area contributed by atoms with E-state index in [4.69, 9.17) is 10.1 Å². The fourth-order valence-electron chi connectivity index (χ4n) is 4.32. The Balaban J connectivity index is 1.46. The number of hydrogen-bond donors (Lipinski definition) is 2. The molecule has 6 heteroatoms. The highest BCUT2D eigenvalue weighted by molar-refractivity contribution is 5.90. The van der Waals surface area contributed by atoms with Gasteiger partial charge in [-0.05, 0) is 56.2 Å².